The molecule has 0 saturated carbocycles. The lowest BCUT2D eigenvalue weighted by Gasteiger charge is -2.42. The Morgan fingerprint density at radius 1 is 1.24 bits per heavy atom. The molecule has 0 bridgehead atoms. The van der Waals surface area contributed by atoms with Crippen LogP contribution in [0.4, 0.5) is 0 Å². The Morgan fingerprint density at radius 2 is 1.96 bits per heavy atom. The normalized spacial score (nSPS) is 22.0. The largest absolute Gasteiger partial charge is 0.481 e. The van der Waals surface area contributed by atoms with Gasteiger partial charge in [-0.25, -0.2) is 4.98 Å². The van der Waals surface area contributed by atoms with Gasteiger partial charge in [0, 0.05) is 31.5 Å². The second kappa shape index (κ2) is 7.00. The van der Waals surface area contributed by atoms with E-state index in [-0.39, 0.29) is 11.3 Å². The van der Waals surface area contributed by atoms with Crippen LogP contribution in [0.1, 0.15) is 32.9 Å². The van der Waals surface area contributed by atoms with Crippen LogP contribution in [-0.2, 0) is 11.3 Å². The second-order valence-corrected chi connectivity index (χ2v) is 8.14. The van der Waals surface area contributed by atoms with Gasteiger partial charge in [-0.15, -0.1) is 0 Å². The van der Waals surface area contributed by atoms with Crippen LogP contribution >= 0.6 is 0 Å². The van der Waals surface area contributed by atoms with Crippen molar-refractivity contribution in [2.24, 2.45) is 17.3 Å². The number of hydrogen-bond acceptors (Lipinski definition) is 3. The average molecular weight is 341 g/mol. The lowest BCUT2D eigenvalue weighted by Crippen LogP contribution is -2.46. The van der Waals surface area contributed by atoms with Crippen LogP contribution in [-0.4, -0.2) is 38.6 Å². The first-order valence-electron chi connectivity index (χ1n) is 8.86. The molecule has 25 heavy (non-hydrogen) atoms. The minimum Gasteiger partial charge on any atom is -0.481 e. The maximum absolute atomic E-state index is 11.6. The topological polar surface area (TPSA) is 58.4 Å². The van der Waals surface area contributed by atoms with E-state index in [1.807, 2.05) is 47.4 Å². The summed E-state index contributed by atoms with van der Waals surface area (Å²) >= 11 is 0. The van der Waals surface area contributed by atoms with Crippen molar-refractivity contribution < 1.29 is 9.90 Å². The van der Waals surface area contributed by atoms with E-state index in [2.05, 4.69) is 30.7 Å². The number of hydrogen-bond donors (Lipinski definition) is 1. The van der Waals surface area contributed by atoms with Crippen molar-refractivity contribution in [3.63, 3.8) is 0 Å². The van der Waals surface area contributed by atoms with Gasteiger partial charge in [-0.1, -0.05) is 39.0 Å². The zero-order chi connectivity index (χ0) is 18.0. The third-order valence-electron chi connectivity index (χ3n) is 5.18. The summed E-state index contributed by atoms with van der Waals surface area (Å²) in [5, 5.41) is 9.51. The van der Waals surface area contributed by atoms with Gasteiger partial charge >= 0.3 is 5.97 Å². The van der Waals surface area contributed by atoms with Crippen LogP contribution in [0.3, 0.4) is 0 Å². The molecule has 1 aromatic carbocycles. The Bertz CT molecular complexity index is 718. The number of carboxylic acid groups (broad SMARTS) is 1. The van der Waals surface area contributed by atoms with Gasteiger partial charge in [0.15, 0.2) is 0 Å². The molecule has 5 heteroatoms. The van der Waals surface area contributed by atoms with E-state index in [4.69, 9.17) is 0 Å². The number of carbonyl (C=O) groups is 1. The zero-order valence-corrected chi connectivity index (χ0v) is 15.2. The van der Waals surface area contributed by atoms with Gasteiger partial charge in [0.25, 0.3) is 0 Å². The molecule has 2 unspecified atom stereocenters. The van der Waals surface area contributed by atoms with E-state index in [0.717, 1.165) is 24.3 Å². The fourth-order valence-electron chi connectivity index (χ4n) is 3.54. The number of imidazole rings is 1. The van der Waals surface area contributed by atoms with E-state index in [0.29, 0.717) is 19.0 Å². The fourth-order valence-corrected chi connectivity index (χ4v) is 3.54. The molecule has 2 atom stereocenters. The van der Waals surface area contributed by atoms with E-state index in [1.165, 1.54) is 0 Å². The first-order chi connectivity index (χ1) is 11.8. The van der Waals surface area contributed by atoms with Gasteiger partial charge in [0.2, 0.25) is 0 Å². The molecule has 134 valence electrons. The molecule has 1 N–H and O–H groups in total. The van der Waals surface area contributed by atoms with Crippen molar-refractivity contribution in [2.75, 3.05) is 13.1 Å². The molecule has 1 aliphatic heterocycles. The van der Waals surface area contributed by atoms with Gasteiger partial charge in [0.05, 0.1) is 17.9 Å². The van der Waals surface area contributed by atoms with Gasteiger partial charge in [-0.3, -0.25) is 9.69 Å². The minimum absolute atomic E-state index is 0.107. The van der Waals surface area contributed by atoms with E-state index < -0.39 is 5.97 Å². The molecule has 0 amide bonds. The number of para-hydroxylation sites is 1. The van der Waals surface area contributed by atoms with Gasteiger partial charge < -0.3 is 9.67 Å². The second-order valence-electron chi connectivity index (χ2n) is 8.14. The standard InChI is InChI=1S/C20H27N3O2/c1-20(2,3)16-9-15(19(24)25)10-22(11-16)12-17-13-23(14-21-17)18-7-5-4-6-8-18/h4-8,13-16H,9-12H2,1-3H3,(H,24,25). The van der Waals surface area contributed by atoms with E-state index in [1.54, 1.807) is 0 Å². The monoisotopic (exact) mass is 341 g/mol. The highest BCUT2D eigenvalue weighted by Crippen LogP contribution is 2.36. The maximum Gasteiger partial charge on any atom is 0.307 e. The summed E-state index contributed by atoms with van der Waals surface area (Å²) in [6, 6.07) is 10.1. The molecule has 2 heterocycles. The highest BCUT2D eigenvalue weighted by molar-refractivity contribution is 5.70. The number of rotatable bonds is 4. The van der Waals surface area contributed by atoms with Gasteiger partial charge in [0.1, 0.15) is 0 Å². The highest BCUT2D eigenvalue weighted by Gasteiger charge is 2.37. The molecule has 1 fully saturated rings. The number of aliphatic carboxylic acids is 1. The summed E-state index contributed by atoms with van der Waals surface area (Å²) in [5.74, 6) is -0.610. The third-order valence-corrected chi connectivity index (χ3v) is 5.18. The number of benzene rings is 1. The van der Waals surface area contributed by atoms with E-state index in [9.17, 15) is 9.90 Å². The quantitative estimate of drug-likeness (QED) is 0.925. The van der Waals surface area contributed by atoms with Crippen LogP contribution in [0.5, 0.6) is 0 Å². The number of nitrogens with zero attached hydrogens (tertiary/aromatic N) is 3. The van der Waals surface area contributed by atoms with Crippen molar-refractivity contribution in [3.8, 4) is 5.69 Å². The van der Waals surface area contributed by atoms with Crippen LogP contribution in [0, 0.1) is 17.3 Å². The third kappa shape index (κ3) is 4.28. The summed E-state index contributed by atoms with van der Waals surface area (Å²) < 4.78 is 2.01. The van der Waals surface area contributed by atoms with Crippen LogP contribution < -0.4 is 0 Å². The SMILES string of the molecule is CC(C)(C)C1CC(C(=O)O)CN(Cc2cn(-c3ccccc3)cn2)C1. The molecule has 0 spiro atoms. The van der Waals surface area contributed by atoms with Crippen molar-refractivity contribution in [3.05, 3.63) is 48.5 Å². The molecule has 0 aliphatic carbocycles. The summed E-state index contributed by atoms with van der Waals surface area (Å²) in [7, 11) is 0. The summed E-state index contributed by atoms with van der Waals surface area (Å²) in [4.78, 5) is 18.3. The predicted molar refractivity (Wildman–Crippen MR) is 97.5 cm³/mol. The first kappa shape index (κ1) is 17.7. The van der Waals surface area contributed by atoms with Crippen LogP contribution in [0.25, 0.3) is 5.69 Å². The maximum atomic E-state index is 11.6. The Morgan fingerprint density at radius 3 is 2.60 bits per heavy atom. The number of aromatic nitrogens is 2. The van der Waals surface area contributed by atoms with Crippen molar-refractivity contribution in [2.45, 2.75) is 33.7 Å². The first-order valence-corrected chi connectivity index (χ1v) is 8.86. The number of piperidine rings is 1. The molecule has 0 radical (unpaired) electrons. The Balaban J connectivity index is 1.73. The lowest BCUT2D eigenvalue weighted by atomic mass is 9.73. The summed E-state index contributed by atoms with van der Waals surface area (Å²) in [6.45, 7) is 8.81. The lowest BCUT2D eigenvalue weighted by molar-refractivity contribution is -0.145. The summed E-state index contributed by atoms with van der Waals surface area (Å²) in [6.07, 6.45) is 4.62. The molecule has 3 rings (SSSR count). The molecule has 2 aromatic rings. The number of carboxylic acids is 1. The van der Waals surface area contributed by atoms with Crippen molar-refractivity contribution in [1.29, 1.82) is 0 Å². The number of likely N-dealkylation sites (tertiary alicyclic amines) is 1. The van der Waals surface area contributed by atoms with Crippen LogP contribution in [0.15, 0.2) is 42.9 Å². The molecule has 1 aliphatic rings. The van der Waals surface area contributed by atoms with Crippen LogP contribution in [0.2, 0.25) is 0 Å². The molecule has 1 saturated heterocycles. The van der Waals surface area contributed by atoms with Gasteiger partial charge in [-0.05, 0) is 29.9 Å². The Labute approximate surface area is 149 Å². The van der Waals surface area contributed by atoms with E-state index >= 15 is 0 Å². The Hall–Kier alpha value is -2.14. The van der Waals surface area contributed by atoms with Gasteiger partial charge in [-0.2, -0.15) is 0 Å². The predicted octanol–water partition coefficient (Wildman–Crippen LogP) is 3.44. The highest BCUT2D eigenvalue weighted by atomic mass is 16.4. The molecular weight excluding hydrogens is 314 g/mol. The Kier molecular flexibility index (Phi) is 4.95. The summed E-state index contributed by atoms with van der Waals surface area (Å²) in [5.41, 5.74) is 2.16. The van der Waals surface area contributed by atoms with Crippen molar-refractivity contribution in [1.82, 2.24) is 14.5 Å². The molecular formula is C20H27N3O2. The fraction of sp³-hybridized carbons (Fsp3) is 0.500. The molecule has 5 nitrogen and oxygen atoms in total. The zero-order valence-electron chi connectivity index (χ0n) is 15.2. The minimum atomic E-state index is -0.686. The van der Waals surface area contributed by atoms with Crippen molar-refractivity contribution >= 4 is 5.97 Å². The molecule has 1 aromatic heterocycles. The average Bonchev–Trinajstić information content (AvgIpc) is 3.03. The smallest absolute Gasteiger partial charge is 0.307 e.